The van der Waals surface area contributed by atoms with Gasteiger partial charge in [0.1, 0.15) is 5.56 Å². The molecular formula is C23H17Cl2N5O3. The van der Waals surface area contributed by atoms with Crippen LogP contribution in [-0.4, -0.2) is 35.6 Å². The summed E-state index contributed by atoms with van der Waals surface area (Å²) in [5.41, 5.74) is 3.70. The molecule has 10 heteroatoms. The molecule has 1 aliphatic carbocycles. The lowest BCUT2D eigenvalue weighted by Crippen LogP contribution is -2.39. The van der Waals surface area contributed by atoms with Crippen molar-refractivity contribution in [1.82, 2.24) is 15.3 Å². The molecule has 33 heavy (non-hydrogen) atoms. The van der Waals surface area contributed by atoms with Gasteiger partial charge in [0, 0.05) is 24.5 Å². The third-order valence-corrected chi connectivity index (χ3v) is 6.01. The molecule has 8 nitrogen and oxygen atoms in total. The molecule has 1 aromatic heterocycles. The molecule has 0 saturated heterocycles. The van der Waals surface area contributed by atoms with Crippen LogP contribution in [0.2, 0.25) is 10.0 Å². The second kappa shape index (κ2) is 8.38. The quantitative estimate of drug-likeness (QED) is 0.571. The largest absolute Gasteiger partial charge is 0.455 e. The summed E-state index contributed by atoms with van der Waals surface area (Å²) in [7, 11) is 1.59. The summed E-state index contributed by atoms with van der Waals surface area (Å²) in [4.78, 5) is 35.3. The molecule has 0 saturated carbocycles. The SMILES string of the molecule is CNC(=O)c1cc(Nc2ncc3c(n2)OCN(c2c(Cl)cccc2Cl)C3=O)cc2c1CC=C2. The monoisotopic (exact) mass is 481 g/mol. The van der Waals surface area contributed by atoms with E-state index in [1.54, 1.807) is 31.3 Å². The maximum Gasteiger partial charge on any atom is 0.268 e. The van der Waals surface area contributed by atoms with Gasteiger partial charge in [0.05, 0.1) is 15.7 Å². The number of ether oxygens (including phenoxy) is 1. The molecule has 0 radical (unpaired) electrons. The van der Waals surface area contributed by atoms with Crippen molar-refractivity contribution < 1.29 is 14.3 Å². The Morgan fingerprint density at radius 1 is 1.21 bits per heavy atom. The predicted octanol–water partition coefficient (Wildman–Crippen LogP) is 4.45. The van der Waals surface area contributed by atoms with E-state index < -0.39 is 0 Å². The lowest BCUT2D eigenvalue weighted by molar-refractivity contribution is 0.0930. The zero-order valence-electron chi connectivity index (χ0n) is 17.4. The van der Waals surface area contributed by atoms with E-state index in [-0.39, 0.29) is 35.9 Å². The fourth-order valence-corrected chi connectivity index (χ4v) is 4.44. The Labute approximate surface area is 199 Å². The van der Waals surface area contributed by atoms with Gasteiger partial charge in [-0.05, 0) is 41.8 Å². The van der Waals surface area contributed by atoms with Crippen molar-refractivity contribution in [3.05, 3.63) is 74.9 Å². The number of nitrogens with zero attached hydrogens (tertiary/aromatic N) is 3. The number of fused-ring (bicyclic) bond motifs is 2. The molecule has 0 spiro atoms. The van der Waals surface area contributed by atoms with E-state index in [1.165, 1.54) is 11.1 Å². The van der Waals surface area contributed by atoms with Crippen molar-refractivity contribution >= 4 is 58.4 Å². The number of nitrogens with one attached hydrogen (secondary N) is 2. The molecule has 2 heterocycles. The molecule has 2 amide bonds. The van der Waals surface area contributed by atoms with E-state index in [0.29, 0.717) is 33.4 Å². The lowest BCUT2D eigenvalue weighted by Gasteiger charge is -2.29. The topological polar surface area (TPSA) is 96.4 Å². The minimum absolute atomic E-state index is 0.101. The predicted molar refractivity (Wildman–Crippen MR) is 127 cm³/mol. The zero-order valence-corrected chi connectivity index (χ0v) is 18.9. The number of aromatic nitrogens is 2. The first-order valence-corrected chi connectivity index (χ1v) is 10.8. The number of anilines is 3. The third-order valence-electron chi connectivity index (χ3n) is 5.40. The van der Waals surface area contributed by atoms with Gasteiger partial charge in [0.2, 0.25) is 11.8 Å². The first kappa shape index (κ1) is 21.2. The Morgan fingerprint density at radius 2 is 2.00 bits per heavy atom. The highest BCUT2D eigenvalue weighted by Crippen LogP contribution is 2.37. The number of rotatable bonds is 4. The molecule has 1 aliphatic heterocycles. The first-order valence-electron chi connectivity index (χ1n) is 10.0. The number of para-hydroxylation sites is 1. The molecule has 2 aliphatic rings. The third kappa shape index (κ3) is 3.77. The molecular weight excluding hydrogens is 465 g/mol. The second-order valence-electron chi connectivity index (χ2n) is 7.39. The van der Waals surface area contributed by atoms with Gasteiger partial charge in [-0.3, -0.25) is 14.5 Å². The number of halogens is 2. The van der Waals surface area contributed by atoms with Crippen LogP contribution in [0.3, 0.4) is 0 Å². The molecule has 166 valence electrons. The van der Waals surface area contributed by atoms with Crippen LogP contribution in [0.4, 0.5) is 17.3 Å². The smallest absolute Gasteiger partial charge is 0.268 e. The summed E-state index contributed by atoms with van der Waals surface area (Å²) in [6.07, 6.45) is 6.07. The maximum absolute atomic E-state index is 13.0. The van der Waals surface area contributed by atoms with Gasteiger partial charge in [-0.2, -0.15) is 4.98 Å². The summed E-state index contributed by atoms with van der Waals surface area (Å²) in [6, 6.07) is 8.66. The van der Waals surface area contributed by atoms with E-state index in [2.05, 4.69) is 20.6 Å². The van der Waals surface area contributed by atoms with Crippen molar-refractivity contribution in [1.29, 1.82) is 0 Å². The van der Waals surface area contributed by atoms with E-state index in [9.17, 15) is 9.59 Å². The standard InChI is InChI=1S/C23H17Cl2N5O3/c1-26-20(31)15-9-13(8-12-4-2-5-14(12)15)28-23-27-10-16-21(29-23)33-11-30(22(16)32)19-17(24)6-3-7-18(19)25/h2-4,6-10H,5,11H2,1H3,(H,26,31)(H,27,28,29). The van der Waals surface area contributed by atoms with Gasteiger partial charge in [0.15, 0.2) is 6.73 Å². The van der Waals surface area contributed by atoms with Crippen LogP contribution in [0.1, 0.15) is 31.8 Å². The van der Waals surface area contributed by atoms with Gasteiger partial charge in [0.25, 0.3) is 11.8 Å². The Bertz CT molecular complexity index is 1320. The number of hydrogen-bond donors (Lipinski definition) is 2. The van der Waals surface area contributed by atoms with Gasteiger partial charge in [-0.25, -0.2) is 4.98 Å². The summed E-state index contributed by atoms with van der Waals surface area (Å²) >= 11 is 12.5. The maximum atomic E-state index is 13.0. The molecule has 5 rings (SSSR count). The minimum atomic E-state index is -0.373. The van der Waals surface area contributed by atoms with Crippen LogP contribution in [-0.2, 0) is 6.42 Å². The first-order chi connectivity index (χ1) is 16.0. The summed E-state index contributed by atoms with van der Waals surface area (Å²) in [5.74, 6) is -0.167. The fourth-order valence-electron chi connectivity index (χ4n) is 3.84. The normalized spacial score (nSPS) is 13.9. The highest BCUT2D eigenvalue weighted by molar-refractivity contribution is 6.40. The van der Waals surface area contributed by atoms with Crippen LogP contribution < -0.4 is 20.3 Å². The Morgan fingerprint density at radius 3 is 2.76 bits per heavy atom. The number of amides is 2. The van der Waals surface area contributed by atoms with Crippen molar-refractivity contribution in [3.8, 4) is 5.88 Å². The number of carbonyl (C=O) groups is 2. The van der Waals surface area contributed by atoms with Crippen molar-refractivity contribution in [3.63, 3.8) is 0 Å². The number of hydrogen-bond acceptors (Lipinski definition) is 6. The summed E-state index contributed by atoms with van der Waals surface area (Å²) < 4.78 is 5.72. The van der Waals surface area contributed by atoms with Gasteiger partial charge >= 0.3 is 0 Å². The van der Waals surface area contributed by atoms with E-state index >= 15 is 0 Å². The Balaban J connectivity index is 1.44. The highest BCUT2D eigenvalue weighted by atomic mass is 35.5. The molecule has 3 aromatic rings. The van der Waals surface area contributed by atoms with Gasteiger partial charge < -0.3 is 15.4 Å². The van der Waals surface area contributed by atoms with Crippen LogP contribution in [0, 0.1) is 0 Å². The molecule has 2 aromatic carbocycles. The molecule has 0 fully saturated rings. The van der Waals surface area contributed by atoms with Crippen molar-refractivity contribution in [2.24, 2.45) is 0 Å². The number of allylic oxidation sites excluding steroid dienone is 1. The average molecular weight is 482 g/mol. The summed E-state index contributed by atoms with van der Waals surface area (Å²) in [5, 5.41) is 6.43. The Kier molecular flexibility index (Phi) is 5.39. The van der Waals surface area contributed by atoms with Crippen molar-refractivity contribution in [2.45, 2.75) is 6.42 Å². The van der Waals surface area contributed by atoms with Crippen molar-refractivity contribution in [2.75, 3.05) is 24.0 Å². The van der Waals surface area contributed by atoms with E-state index in [4.69, 9.17) is 27.9 Å². The molecule has 0 bridgehead atoms. The lowest BCUT2D eigenvalue weighted by atomic mass is 10.0. The number of carbonyl (C=O) groups excluding carboxylic acids is 2. The van der Waals surface area contributed by atoms with Crippen LogP contribution >= 0.6 is 23.2 Å². The van der Waals surface area contributed by atoms with E-state index in [1.807, 2.05) is 18.2 Å². The molecule has 0 atom stereocenters. The zero-order chi connectivity index (χ0) is 23.1. The van der Waals surface area contributed by atoms with Gasteiger partial charge in [-0.1, -0.05) is 41.4 Å². The van der Waals surface area contributed by atoms with Gasteiger partial charge in [-0.15, -0.1) is 0 Å². The Hall–Kier alpha value is -3.62. The minimum Gasteiger partial charge on any atom is -0.455 e. The fraction of sp³-hybridized carbons (Fsp3) is 0.130. The van der Waals surface area contributed by atoms with Crippen LogP contribution in [0.25, 0.3) is 6.08 Å². The highest BCUT2D eigenvalue weighted by Gasteiger charge is 2.31. The second-order valence-corrected chi connectivity index (χ2v) is 8.21. The van der Waals surface area contributed by atoms with E-state index in [0.717, 1.165) is 11.1 Å². The number of benzene rings is 2. The molecule has 2 N–H and O–H groups in total. The molecule has 0 unspecified atom stereocenters. The van der Waals surface area contributed by atoms with Crippen LogP contribution in [0.5, 0.6) is 5.88 Å². The van der Waals surface area contributed by atoms with Crippen LogP contribution in [0.15, 0.2) is 42.6 Å². The summed E-state index contributed by atoms with van der Waals surface area (Å²) in [6.45, 7) is -0.101. The average Bonchev–Trinajstić information content (AvgIpc) is 3.28.